The van der Waals surface area contributed by atoms with E-state index in [0.717, 1.165) is 0 Å². The zero-order valence-corrected chi connectivity index (χ0v) is 17.8. The number of carbonyl (C=O) groups excluding carboxylic acids is 2. The molecule has 33 heavy (non-hydrogen) atoms. The molecule has 1 N–H and O–H groups in total. The number of halogens is 3. The van der Waals surface area contributed by atoms with Gasteiger partial charge in [-0.25, -0.2) is 0 Å². The number of fused-ring (bicyclic) bond motifs is 1. The second kappa shape index (κ2) is 8.97. The lowest BCUT2D eigenvalue weighted by molar-refractivity contribution is -0.174. The SMILES string of the molecule is C[C@H]1C[C@H](N(NC(=O)C(F)(F)F)c2ccccc2)c2ccccc2N1C(=O)c1ccccc1. The van der Waals surface area contributed by atoms with Crippen LogP contribution in [0.4, 0.5) is 24.5 Å². The summed E-state index contributed by atoms with van der Waals surface area (Å²) in [5.41, 5.74) is 4.21. The molecular formula is C25H22F3N3O2. The molecule has 0 aliphatic carbocycles. The van der Waals surface area contributed by atoms with Crippen LogP contribution in [0, 0.1) is 0 Å². The van der Waals surface area contributed by atoms with Crippen molar-refractivity contribution in [3.63, 3.8) is 0 Å². The van der Waals surface area contributed by atoms with Gasteiger partial charge in [-0.2, -0.15) is 13.2 Å². The van der Waals surface area contributed by atoms with Crippen molar-refractivity contribution in [2.24, 2.45) is 0 Å². The summed E-state index contributed by atoms with van der Waals surface area (Å²) in [6.07, 6.45) is -4.73. The molecule has 0 saturated heterocycles. The summed E-state index contributed by atoms with van der Waals surface area (Å²) in [6, 6.07) is 23.3. The van der Waals surface area contributed by atoms with Gasteiger partial charge in [0, 0.05) is 22.9 Å². The molecule has 3 aromatic rings. The average Bonchev–Trinajstić information content (AvgIpc) is 2.82. The van der Waals surface area contributed by atoms with E-state index in [1.165, 1.54) is 5.01 Å². The highest BCUT2D eigenvalue weighted by molar-refractivity contribution is 6.07. The van der Waals surface area contributed by atoms with Gasteiger partial charge in [0.15, 0.2) is 0 Å². The van der Waals surface area contributed by atoms with Gasteiger partial charge in [-0.05, 0) is 43.7 Å². The molecule has 0 saturated carbocycles. The molecule has 4 rings (SSSR count). The van der Waals surface area contributed by atoms with E-state index in [-0.39, 0.29) is 11.9 Å². The molecular weight excluding hydrogens is 431 g/mol. The number of hydrogen-bond acceptors (Lipinski definition) is 3. The van der Waals surface area contributed by atoms with Crippen LogP contribution in [0.1, 0.15) is 35.3 Å². The van der Waals surface area contributed by atoms with Crippen LogP contribution in [-0.2, 0) is 4.79 Å². The maximum absolute atomic E-state index is 13.3. The standard InChI is InChI=1S/C25H22F3N3O2/c1-17-16-22(31(19-12-6-3-7-13-19)29-24(33)25(26,27)28)20-14-8-9-15-21(20)30(17)23(32)18-10-4-2-5-11-18/h2-15,17,22H,16H2,1H3,(H,29,33)/t17-,22-/m0/s1. The van der Waals surface area contributed by atoms with E-state index in [1.54, 1.807) is 83.8 Å². The highest BCUT2D eigenvalue weighted by Gasteiger charge is 2.43. The van der Waals surface area contributed by atoms with E-state index < -0.39 is 18.1 Å². The normalized spacial score (nSPS) is 17.8. The average molecular weight is 453 g/mol. The van der Waals surface area contributed by atoms with Crippen LogP contribution in [0.2, 0.25) is 0 Å². The number of amides is 2. The van der Waals surface area contributed by atoms with Gasteiger partial charge in [0.1, 0.15) is 0 Å². The van der Waals surface area contributed by atoms with Gasteiger partial charge in [0.25, 0.3) is 5.91 Å². The number of nitrogens with zero attached hydrogens (tertiary/aromatic N) is 2. The van der Waals surface area contributed by atoms with Gasteiger partial charge in [-0.3, -0.25) is 20.0 Å². The molecule has 170 valence electrons. The third-order valence-corrected chi connectivity index (χ3v) is 5.63. The molecule has 0 fully saturated rings. The van der Waals surface area contributed by atoms with Crippen molar-refractivity contribution >= 4 is 23.2 Å². The lowest BCUT2D eigenvalue weighted by Crippen LogP contribution is -2.53. The fourth-order valence-electron chi connectivity index (χ4n) is 4.14. The minimum atomic E-state index is -5.04. The summed E-state index contributed by atoms with van der Waals surface area (Å²) >= 11 is 0. The Balaban J connectivity index is 1.77. The van der Waals surface area contributed by atoms with Crippen molar-refractivity contribution in [2.45, 2.75) is 31.6 Å². The minimum Gasteiger partial charge on any atom is -0.305 e. The predicted octanol–water partition coefficient (Wildman–Crippen LogP) is 5.27. The van der Waals surface area contributed by atoms with Crippen LogP contribution in [0.25, 0.3) is 0 Å². The molecule has 1 aliphatic rings. The highest BCUT2D eigenvalue weighted by atomic mass is 19.4. The summed E-state index contributed by atoms with van der Waals surface area (Å²) in [6.45, 7) is 1.85. The Morgan fingerprint density at radius 2 is 1.48 bits per heavy atom. The summed E-state index contributed by atoms with van der Waals surface area (Å²) in [4.78, 5) is 26.9. The number of anilines is 2. The molecule has 0 spiro atoms. The van der Waals surface area contributed by atoms with E-state index in [1.807, 2.05) is 18.4 Å². The van der Waals surface area contributed by atoms with Gasteiger partial charge < -0.3 is 4.90 Å². The Labute approximate surface area is 189 Å². The third kappa shape index (κ3) is 4.55. The Hall–Kier alpha value is -3.81. The van der Waals surface area contributed by atoms with Crippen molar-refractivity contribution in [1.29, 1.82) is 0 Å². The largest absolute Gasteiger partial charge is 0.472 e. The summed E-state index contributed by atoms with van der Waals surface area (Å²) in [5.74, 6) is -2.25. The number of rotatable bonds is 4. The molecule has 0 radical (unpaired) electrons. The van der Waals surface area contributed by atoms with Crippen LogP contribution in [0.3, 0.4) is 0 Å². The first-order valence-corrected chi connectivity index (χ1v) is 10.5. The first-order chi connectivity index (χ1) is 15.8. The van der Waals surface area contributed by atoms with E-state index in [4.69, 9.17) is 0 Å². The smallest absolute Gasteiger partial charge is 0.305 e. The van der Waals surface area contributed by atoms with Crippen molar-refractivity contribution in [3.8, 4) is 0 Å². The predicted molar refractivity (Wildman–Crippen MR) is 120 cm³/mol. The minimum absolute atomic E-state index is 0.195. The summed E-state index contributed by atoms with van der Waals surface area (Å²) in [7, 11) is 0. The zero-order chi connectivity index (χ0) is 23.6. The number of alkyl halides is 3. The fraction of sp³-hybridized carbons (Fsp3) is 0.200. The molecule has 0 bridgehead atoms. The topological polar surface area (TPSA) is 52.7 Å². The van der Waals surface area contributed by atoms with Crippen LogP contribution in [-0.4, -0.2) is 24.0 Å². The lowest BCUT2D eigenvalue weighted by Gasteiger charge is -2.44. The quantitative estimate of drug-likeness (QED) is 0.548. The Morgan fingerprint density at radius 3 is 2.12 bits per heavy atom. The molecule has 5 nitrogen and oxygen atoms in total. The fourth-order valence-corrected chi connectivity index (χ4v) is 4.14. The van der Waals surface area contributed by atoms with Gasteiger partial charge >= 0.3 is 12.1 Å². The van der Waals surface area contributed by atoms with E-state index >= 15 is 0 Å². The van der Waals surface area contributed by atoms with Crippen LogP contribution in [0.15, 0.2) is 84.9 Å². The second-order valence-corrected chi connectivity index (χ2v) is 7.84. The van der Waals surface area contributed by atoms with Crippen molar-refractivity contribution < 1.29 is 22.8 Å². The van der Waals surface area contributed by atoms with Crippen LogP contribution in [0.5, 0.6) is 0 Å². The number of nitrogens with one attached hydrogen (secondary N) is 1. The number of hydrogen-bond donors (Lipinski definition) is 1. The van der Waals surface area contributed by atoms with Crippen LogP contribution < -0.4 is 15.3 Å². The third-order valence-electron chi connectivity index (χ3n) is 5.63. The molecule has 8 heteroatoms. The molecule has 2 atom stereocenters. The van der Waals surface area contributed by atoms with E-state index in [0.29, 0.717) is 28.9 Å². The number of carbonyl (C=O) groups is 2. The maximum Gasteiger partial charge on any atom is 0.472 e. The number of para-hydroxylation sites is 2. The lowest BCUT2D eigenvalue weighted by atomic mass is 9.90. The van der Waals surface area contributed by atoms with Crippen molar-refractivity contribution in [2.75, 3.05) is 9.91 Å². The maximum atomic E-state index is 13.3. The molecule has 0 unspecified atom stereocenters. The monoisotopic (exact) mass is 453 g/mol. The highest BCUT2D eigenvalue weighted by Crippen LogP contribution is 2.42. The van der Waals surface area contributed by atoms with Crippen molar-refractivity contribution in [1.82, 2.24) is 5.43 Å². The molecule has 3 aromatic carbocycles. The Morgan fingerprint density at radius 1 is 0.909 bits per heavy atom. The first kappa shape index (κ1) is 22.4. The van der Waals surface area contributed by atoms with Gasteiger partial charge in [0.2, 0.25) is 0 Å². The number of hydrazine groups is 1. The molecule has 1 heterocycles. The molecule has 2 amide bonds. The number of benzene rings is 3. The Bertz CT molecular complexity index is 1140. The summed E-state index contributed by atoms with van der Waals surface area (Å²) < 4.78 is 39.4. The van der Waals surface area contributed by atoms with E-state index in [9.17, 15) is 22.8 Å². The zero-order valence-electron chi connectivity index (χ0n) is 17.8. The van der Waals surface area contributed by atoms with Gasteiger partial charge in [0.05, 0.1) is 11.7 Å². The van der Waals surface area contributed by atoms with Crippen LogP contribution >= 0.6 is 0 Å². The first-order valence-electron chi connectivity index (χ1n) is 10.5. The molecule has 0 aromatic heterocycles. The second-order valence-electron chi connectivity index (χ2n) is 7.84. The Kier molecular flexibility index (Phi) is 6.09. The van der Waals surface area contributed by atoms with E-state index in [2.05, 4.69) is 0 Å². The van der Waals surface area contributed by atoms with Crippen molar-refractivity contribution in [3.05, 3.63) is 96.1 Å². The summed E-state index contributed by atoms with van der Waals surface area (Å²) in [5, 5.41) is 1.25. The van der Waals surface area contributed by atoms with Gasteiger partial charge in [-0.15, -0.1) is 0 Å². The van der Waals surface area contributed by atoms with Gasteiger partial charge in [-0.1, -0.05) is 54.6 Å². The molecule has 1 aliphatic heterocycles.